The molecule has 2 aromatic carbocycles. The number of rotatable bonds is 5. The van der Waals surface area contributed by atoms with Crippen LogP contribution in [0.4, 0.5) is 11.4 Å². The Kier molecular flexibility index (Phi) is 4.74. The first-order chi connectivity index (χ1) is 10.5. The summed E-state index contributed by atoms with van der Waals surface area (Å²) in [4.78, 5) is 12.3. The number of anilines is 1. The van der Waals surface area contributed by atoms with Gasteiger partial charge in [-0.15, -0.1) is 0 Å². The molecule has 2 rings (SSSR count). The Balaban J connectivity index is 2.20. The van der Waals surface area contributed by atoms with Gasteiger partial charge in [0.2, 0.25) is 0 Å². The molecule has 5 heteroatoms. The van der Waals surface area contributed by atoms with Gasteiger partial charge in [-0.25, -0.2) is 0 Å². The van der Waals surface area contributed by atoms with Crippen molar-refractivity contribution < 1.29 is 4.92 Å². The molecule has 0 bridgehead atoms. The van der Waals surface area contributed by atoms with E-state index in [0.29, 0.717) is 6.42 Å². The minimum Gasteiger partial charge on any atom is -0.378 e. The fourth-order valence-corrected chi connectivity index (χ4v) is 2.26. The molecule has 0 radical (unpaired) electrons. The zero-order valence-electron chi connectivity index (χ0n) is 12.6. The van der Waals surface area contributed by atoms with Crippen LogP contribution >= 0.6 is 0 Å². The second-order valence-corrected chi connectivity index (χ2v) is 5.30. The van der Waals surface area contributed by atoms with Gasteiger partial charge in [-0.3, -0.25) is 10.1 Å². The van der Waals surface area contributed by atoms with Gasteiger partial charge in [0.1, 0.15) is 0 Å². The smallest absolute Gasteiger partial charge is 0.269 e. The maximum absolute atomic E-state index is 10.7. The van der Waals surface area contributed by atoms with Crippen LogP contribution in [0, 0.1) is 21.4 Å². The number of nitro benzene ring substituents is 1. The lowest BCUT2D eigenvalue weighted by molar-refractivity contribution is -0.384. The first kappa shape index (κ1) is 15.5. The first-order valence-corrected chi connectivity index (χ1v) is 6.91. The average Bonchev–Trinajstić information content (AvgIpc) is 2.53. The lowest BCUT2D eigenvalue weighted by atomic mass is 9.93. The van der Waals surface area contributed by atoms with Gasteiger partial charge in [0.05, 0.1) is 16.9 Å². The van der Waals surface area contributed by atoms with Crippen LogP contribution in [0.15, 0.2) is 48.5 Å². The summed E-state index contributed by atoms with van der Waals surface area (Å²) in [5.74, 6) is -0.321. The molecule has 22 heavy (non-hydrogen) atoms. The van der Waals surface area contributed by atoms with Crippen LogP contribution in [0.25, 0.3) is 0 Å². The van der Waals surface area contributed by atoms with E-state index in [2.05, 4.69) is 12.1 Å². The van der Waals surface area contributed by atoms with E-state index in [1.54, 1.807) is 12.1 Å². The molecule has 0 amide bonds. The highest BCUT2D eigenvalue weighted by Crippen LogP contribution is 2.24. The monoisotopic (exact) mass is 295 g/mol. The van der Waals surface area contributed by atoms with E-state index >= 15 is 0 Å². The normalized spacial score (nSPS) is 11.5. The predicted octanol–water partition coefficient (Wildman–Crippen LogP) is 3.51. The van der Waals surface area contributed by atoms with E-state index in [1.165, 1.54) is 12.1 Å². The van der Waals surface area contributed by atoms with Crippen molar-refractivity contribution in [3.05, 3.63) is 69.8 Å². The second kappa shape index (κ2) is 6.72. The number of benzene rings is 2. The molecule has 1 unspecified atom stereocenters. The van der Waals surface area contributed by atoms with Crippen LogP contribution in [-0.2, 0) is 6.42 Å². The molecule has 0 heterocycles. The summed E-state index contributed by atoms with van der Waals surface area (Å²) in [6.07, 6.45) is 0.579. The first-order valence-electron chi connectivity index (χ1n) is 6.91. The molecule has 0 aliphatic carbocycles. The molecule has 0 saturated heterocycles. The Hall–Kier alpha value is -2.87. The van der Waals surface area contributed by atoms with Crippen LogP contribution < -0.4 is 4.90 Å². The standard InChI is InChI=1S/C17H17N3O2/c1-19(2)17-5-3-4-13(11-17)10-15(12-18)14-6-8-16(9-7-14)20(21)22/h3-9,11,15H,10H2,1-2H3. The fraction of sp³-hybridized carbons (Fsp3) is 0.235. The third-order valence-electron chi connectivity index (χ3n) is 3.53. The van der Waals surface area contributed by atoms with Crippen LogP contribution in [0.3, 0.4) is 0 Å². The van der Waals surface area contributed by atoms with Crippen molar-refractivity contribution in [3.63, 3.8) is 0 Å². The molecule has 0 aliphatic heterocycles. The van der Waals surface area contributed by atoms with Crippen molar-refractivity contribution in [3.8, 4) is 6.07 Å². The number of non-ortho nitro benzene ring substituents is 1. The molecule has 0 saturated carbocycles. The van der Waals surface area contributed by atoms with E-state index in [0.717, 1.165) is 16.8 Å². The number of hydrogen-bond donors (Lipinski definition) is 0. The maximum atomic E-state index is 10.7. The van der Waals surface area contributed by atoms with E-state index in [1.807, 2.05) is 37.2 Å². The summed E-state index contributed by atoms with van der Waals surface area (Å²) in [5, 5.41) is 20.1. The van der Waals surface area contributed by atoms with Gasteiger partial charge in [-0.1, -0.05) is 24.3 Å². The summed E-state index contributed by atoms with van der Waals surface area (Å²) in [7, 11) is 3.94. The van der Waals surface area contributed by atoms with E-state index < -0.39 is 4.92 Å². The highest BCUT2D eigenvalue weighted by Gasteiger charge is 2.14. The Bertz CT molecular complexity index is 703. The van der Waals surface area contributed by atoms with Crippen molar-refractivity contribution in [1.29, 1.82) is 5.26 Å². The van der Waals surface area contributed by atoms with Gasteiger partial charge in [0, 0.05) is 31.9 Å². The lowest BCUT2D eigenvalue weighted by Crippen LogP contribution is -2.09. The molecule has 0 fully saturated rings. The predicted molar refractivity (Wildman–Crippen MR) is 85.9 cm³/mol. The van der Waals surface area contributed by atoms with Crippen LogP contribution in [0.2, 0.25) is 0 Å². The van der Waals surface area contributed by atoms with Gasteiger partial charge in [-0.2, -0.15) is 5.26 Å². The van der Waals surface area contributed by atoms with Gasteiger partial charge in [-0.05, 0) is 29.7 Å². The summed E-state index contributed by atoms with van der Waals surface area (Å²) < 4.78 is 0. The number of hydrogen-bond acceptors (Lipinski definition) is 4. The number of nitro groups is 1. The minimum atomic E-state index is -0.439. The van der Waals surface area contributed by atoms with Crippen molar-refractivity contribution in [2.45, 2.75) is 12.3 Å². The van der Waals surface area contributed by atoms with Gasteiger partial charge >= 0.3 is 0 Å². The Morgan fingerprint density at radius 3 is 2.45 bits per heavy atom. The topological polar surface area (TPSA) is 70.2 Å². The summed E-state index contributed by atoms with van der Waals surface area (Å²) in [6, 6.07) is 16.5. The van der Waals surface area contributed by atoms with Crippen molar-refractivity contribution in [1.82, 2.24) is 0 Å². The van der Waals surface area contributed by atoms with E-state index in [9.17, 15) is 15.4 Å². The molecule has 112 valence electrons. The van der Waals surface area contributed by atoms with Gasteiger partial charge < -0.3 is 4.90 Å². The van der Waals surface area contributed by atoms with E-state index in [-0.39, 0.29) is 11.6 Å². The van der Waals surface area contributed by atoms with Crippen LogP contribution in [-0.4, -0.2) is 19.0 Å². The van der Waals surface area contributed by atoms with Crippen LogP contribution in [0.5, 0.6) is 0 Å². The molecule has 0 N–H and O–H groups in total. The molecule has 0 aromatic heterocycles. The largest absolute Gasteiger partial charge is 0.378 e. The van der Waals surface area contributed by atoms with Crippen molar-refractivity contribution >= 4 is 11.4 Å². The molecule has 2 aromatic rings. The average molecular weight is 295 g/mol. The van der Waals surface area contributed by atoms with Gasteiger partial charge in [0.15, 0.2) is 0 Å². The quantitative estimate of drug-likeness (QED) is 0.625. The second-order valence-electron chi connectivity index (χ2n) is 5.30. The van der Waals surface area contributed by atoms with Crippen molar-refractivity contribution in [2.75, 3.05) is 19.0 Å². The molecule has 0 spiro atoms. The third kappa shape index (κ3) is 3.61. The Morgan fingerprint density at radius 1 is 1.23 bits per heavy atom. The van der Waals surface area contributed by atoms with Crippen LogP contribution in [0.1, 0.15) is 17.0 Å². The third-order valence-corrected chi connectivity index (χ3v) is 3.53. The molecular formula is C17H17N3O2. The zero-order chi connectivity index (χ0) is 16.1. The number of nitriles is 1. The summed E-state index contributed by atoms with van der Waals surface area (Å²) >= 11 is 0. The highest BCUT2D eigenvalue weighted by atomic mass is 16.6. The summed E-state index contributed by atoms with van der Waals surface area (Å²) in [5.41, 5.74) is 2.98. The van der Waals surface area contributed by atoms with E-state index in [4.69, 9.17) is 0 Å². The molecule has 1 atom stereocenters. The van der Waals surface area contributed by atoms with Gasteiger partial charge in [0.25, 0.3) is 5.69 Å². The molecular weight excluding hydrogens is 278 g/mol. The SMILES string of the molecule is CN(C)c1cccc(CC(C#N)c2ccc([N+](=O)[O-])cc2)c1. The Labute approximate surface area is 129 Å². The number of nitrogens with zero attached hydrogens (tertiary/aromatic N) is 3. The Morgan fingerprint density at radius 2 is 1.91 bits per heavy atom. The molecule has 5 nitrogen and oxygen atoms in total. The summed E-state index contributed by atoms with van der Waals surface area (Å²) in [6.45, 7) is 0. The van der Waals surface area contributed by atoms with Crippen molar-refractivity contribution in [2.24, 2.45) is 0 Å². The maximum Gasteiger partial charge on any atom is 0.269 e. The highest BCUT2D eigenvalue weighted by molar-refractivity contribution is 5.48. The molecule has 0 aliphatic rings. The lowest BCUT2D eigenvalue weighted by Gasteiger charge is -2.15. The zero-order valence-corrected chi connectivity index (χ0v) is 12.6. The fourth-order valence-electron chi connectivity index (χ4n) is 2.26. The minimum absolute atomic E-state index is 0.0371.